The molecule has 0 aromatic carbocycles. The number of allylic oxidation sites excluding steroid dienone is 1. The van der Waals surface area contributed by atoms with E-state index in [1.165, 1.54) is 48.8 Å². The van der Waals surface area contributed by atoms with Crippen molar-refractivity contribution in [1.82, 2.24) is 14.9 Å². The molecule has 19 heavy (non-hydrogen) atoms. The number of nitrogens with one attached hydrogen (secondary N) is 1. The van der Waals surface area contributed by atoms with Crippen LogP contribution in [0.25, 0.3) is 5.52 Å². The average Bonchev–Trinajstić information content (AvgIpc) is 2.69. The van der Waals surface area contributed by atoms with Crippen molar-refractivity contribution in [3.05, 3.63) is 47.8 Å². The van der Waals surface area contributed by atoms with Crippen molar-refractivity contribution in [3.8, 4) is 0 Å². The van der Waals surface area contributed by atoms with Crippen LogP contribution in [0.3, 0.4) is 0 Å². The summed E-state index contributed by atoms with van der Waals surface area (Å²) in [7, 11) is 2.04. The van der Waals surface area contributed by atoms with Crippen molar-refractivity contribution in [1.29, 1.82) is 0 Å². The van der Waals surface area contributed by atoms with Gasteiger partial charge >= 0.3 is 0 Å². The van der Waals surface area contributed by atoms with Crippen LogP contribution in [-0.2, 0) is 0 Å². The first-order valence-corrected chi connectivity index (χ1v) is 7.18. The lowest BCUT2D eigenvalue weighted by molar-refractivity contribution is 0.631. The molecule has 0 fully saturated rings. The van der Waals surface area contributed by atoms with E-state index in [4.69, 9.17) is 0 Å². The number of pyridine rings is 1. The Bertz CT molecular complexity index is 582. The molecule has 3 nitrogen and oxygen atoms in total. The Morgan fingerprint density at radius 2 is 2.21 bits per heavy atom. The lowest BCUT2D eigenvalue weighted by atomic mass is 9.96. The lowest BCUT2D eigenvalue weighted by Gasteiger charge is -2.19. The summed E-state index contributed by atoms with van der Waals surface area (Å²) >= 11 is 0. The SMILES string of the molecule is CNC(C1=CCCCCC1)c1cnn2ccccc12. The largest absolute Gasteiger partial charge is 0.309 e. The maximum atomic E-state index is 4.46. The zero-order chi connectivity index (χ0) is 13.1. The highest BCUT2D eigenvalue weighted by atomic mass is 15.2. The molecule has 0 radical (unpaired) electrons. The van der Waals surface area contributed by atoms with Gasteiger partial charge in [0.2, 0.25) is 0 Å². The monoisotopic (exact) mass is 255 g/mol. The number of fused-ring (bicyclic) bond motifs is 1. The first-order valence-electron chi connectivity index (χ1n) is 7.18. The summed E-state index contributed by atoms with van der Waals surface area (Å²) in [5.41, 5.74) is 4.02. The minimum atomic E-state index is 0.304. The average molecular weight is 255 g/mol. The van der Waals surface area contributed by atoms with Crippen molar-refractivity contribution < 1.29 is 0 Å². The van der Waals surface area contributed by atoms with E-state index >= 15 is 0 Å². The van der Waals surface area contributed by atoms with Gasteiger partial charge in [0.1, 0.15) is 0 Å². The molecule has 0 saturated carbocycles. The molecule has 1 aliphatic carbocycles. The maximum Gasteiger partial charge on any atom is 0.0712 e. The van der Waals surface area contributed by atoms with Gasteiger partial charge in [-0.1, -0.05) is 24.1 Å². The van der Waals surface area contributed by atoms with E-state index in [9.17, 15) is 0 Å². The van der Waals surface area contributed by atoms with E-state index in [0.717, 1.165) is 0 Å². The number of likely N-dealkylation sites (N-methyl/N-ethyl adjacent to an activating group) is 1. The summed E-state index contributed by atoms with van der Waals surface area (Å²) < 4.78 is 1.96. The van der Waals surface area contributed by atoms with E-state index in [1.54, 1.807) is 0 Å². The topological polar surface area (TPSA) is 29.3 Å². The van der Waals surface area contributed by atoms with Gasteiger partial charge in [-0.05, 0) is 44.9 Å². The number of hydrogen-bond donors (Lipinski definition) is 1. The van der Waals surface area contributed by atoms with Crippen LogP contribution in [0.2, 0.25) is 0 Å². The fourth-order valence-corrected chi connectivity index (χ4v) is 3.02. The van der Waals surface area contributed by atoms with Crippen molar-refractivity contribution in [2.24, 2.45) is 0 Å². The third-order valence-corrected chi connectivity index (χ3v) is 4.00. The quantitative estimate of drug-likeness (QED) is 0.851. The molecule has 0 bridgehead atoms. The van der Waals surface area contributed by atoms with Crippen LogP contribution < -0.4 is 5.32 Å². The zero-order valence-corrected chi connectivity index (χ0v) is 11.5. The molecule has 100 valence electrons. The Labute approximate surface area is 114 Å². The molecule has 1 unspecified atom stereocenters. The van der Waals surface area contributed by atoms with Crippen LogP contribution in [-0.4, -0.2) is 16.7 Å². The molecular formula is C16H21N3. The number of aromatic nitrogens is 2. The first-order chi connectivity index (χ1) is 9.40. The van der Waals surface area contributed by atoms with Gasteiger partial charge in [-0.3, -0.25) is 0 Å². The minimum Gasteiger partial charge on any atom is -0.309 e. The Hall–Kier alpha value is -1.61. The van der Waals surface area contributed by atoms with Crippen LogP contribution >= 0.6 is 0 Å². The van der Waals surface area contributed by atoms with Gasteiger partial charge in [-0.15, -0.1) is 0 Å². The molecule has 0 saturated heterocycles. The molecule has 1 N–H and O–H groups in total. The number of nitrogens with zero attached hydrogens (tertiary/aromatic N) is 2. The number of hydrogen-bond acceptors (Lipinski definition) is 2. The Morgan fingerprint density at radius 3 is 3.11 bits per heavy atom. The van der Waals surface area contributed by atoms with E-state index in [1.807, 2.05) is 30.0 Å². The summed E-state index contributed by atoms with van der Waals surface area (Å²) in [6.07, 6.45) is 12.8. The van der Waals surface area contributed by atoms with Gasteiger partial charge in [-0.25, -0.2) is 4.52 Å². The molecule has 0 spiro atoms. The van der Waals surface area contributed by atoms with Gasteiger partial charge in [0.15, 0.2) is 0 Å². The molecule has 1 atom stereocenters. The molecule has 2 heterocycles. The second kappa shape index (κ2) is 5.57. The normalized spacial score (nSPS) is 18.1. The van der Waals surface area contributed by atoms with Crippen LogP contribution in [0, 0.1) is 0 Å². The molecule has 1 aliphatic rings. The van der Waals surface area contributed by atoms with Crippen molar-refractivity contribution in [2.45, 2.75) is 38.1 Å². The van der Waals surface area contributed by atoms with E-state index in [0.29, 0.717) is 6.04 Å². The van der Waals surface area contributed by atoms with Gasteiger partial charge in [0.05, 0.1) is 17.8 Å². The van der Waals surface area contributed by atoms with Gasteiger partial charge < -0.3 is 5.32 Å². The van der Waals surface area contributed by atoms with E-state index in [-0.39, 0.29) is 0 Å². The van der Waals surface area contributed by atoms with Crippen LogP contribution in [0.4, 0.5) is 0 Å². The summed E-state index contributed by atoms with van der Waals surface area (Å²) in [6, 6.07) is 6.54. The summed E-state index contributed by atoms with van der Waals surface area (Å²) in [5.74, 6) is 0. The van der Waals surface area contributed by atoms with Crippen LogP contribution in [0.1, 0.15) is 43.7 Å². The lowest BCUT2D eigenvalue weighted by Crippen LogP contribution is -2.18. The van der Waals surface area contributed by atoms with Crippen molar-refractivity contribution in [2.75, 3.05) is 7.05 Å². The van der Waals surface area contributed by atoms with Crippen molar-refractivity contribution in [3.63, 3.8) is 0 Å². The molecule has 0 aliphatic heterocycles. The summed E-state index contributed by atoms with van der Waals surface area (Å²) in [4.78, 5) is 0. The van der Waals surface area contributed by atoms with Gasteiger partial charge in [0, 0.05) is 11.8 Å². The standard InChI is InChI=1S/C16H21N3/c1-17-16(13-8-4-2-3-5-9-13)14-12-18-19-11-7-6-10-15(14)19/h6-8,10-12,16-17H,2-5,9H2,1H3. The highest BCUT2D eigenvalue weighted by Crippen LogP contribution is 2.30. The van der Waals surface area contributed by atoms with Gasteiger partial charge in [-0.2, -0.15) is 5.10 Å². The van der Waals surface area contributed by atoms with Gasteiger partial charge in [0.25, 0.3) is 0 Å². The molecule has 3 rings (SSSR count). The molecule has 0 amide bonds. The maximum absolute atomic E-state index is 4.46. The van der Waals surface area contributed by atoms with Crippen LogP contribution in [0.5, 0.6) is 0 Å². The molecule has 2 aromatic heterocycles. The third-order valence-electron chi connectivity index (χ3n) is 4.00. The molecular weight excluding hydrogens is 234 g/mol. The first kappa shape index (κ1) is 12.4. The third kappa shape index (κ3) is 2.43. The Morgan fingerprint density at radius 1 is 1.26 bits per heavy atom. The molecule has 2 aromatic rings. The fraction of sp³-hybridized carbons (Fsp3) is 0.438. The van der Waals surface area contributed by atoms with E-state index in [2.05, 4.69) is 28.6 Å². The smallest absolute Gasteiger partial charge is 0.0712 e. The van der Waals surface area contributed by atoms with Crippen molar-refractivity contribution >= 4 is 5.52 Å². The highest BCUT2D eigenvalue weighted by Gasteiger charge is 2.19. The predicted molar refractivity (Wildman–Crippen MR) is 78.2 cm³/mol. The molecule has 3 heteroatoms. The fourth-order valence-electron chi connectivity index (χ4n) is 3.02. The number of rotatable bonds is 3. The minimum absolute atomic E-state index is 0.304. The summed E-state index contributed by atoms with van der Waals surface area (Å²) in [6.45, 7) is 0. The summed E-state index contributed by atoms with van der Waals surface area (Å²) in [5, 5.41) is 7.93. The van der Waals surface area contributed by atoms with E-state index < -0.39 is 0 Å². The Balaban J connectivity index is 1.99. The predicted octanol–water partition coefficient (Wildman–Crippen LogP) is 3.49. The van der Waals surface area contributed by atoms with Crippen LogP contribution in [0.15, 0.2) is 42.2 Å². The second-order valence-electron chi connectivity index (χ2n) is 5.23. The highest BCUT2D eigenvalue weighted by molar-refractivity contribution is 5.56. The Kier molecular flexibility index (Phi) is 3.65. The second-order valence-corrected chi connectivity index (χ2v) is 5.23. The zero-order valence-electron chi connectivity index (χ0n) is 11.5.